The zero-order valence-electron chi connectivity index (χ0n) is 35.7. The SMILES string of the molecule is CC(C)(C)c1cc(N2CN(c3cccc(Oc4ccc5c(c4)N(c4ccccn4)c4cc(-c6ccccc6)ccc4-c4ccccc4-5)c3)c3ccccc32)cc(C(C)(C)C)c1. The number of hydrogen-bond acceptors (Lipinski definition) is 5. The van der Waals surface area contributed by atoms with Crippen molar-refractivity contribution in [2.75, 3.05) is 21.4 Å². The van der Waals surface area contributed by atoms with Crippen LogP contribution in [0.5, 0.6) is 11.5 Å². The topological polar surface area (TPSA) is 31.8 Å². The predicted molar refractivity (Wildman–Crippen MR) is 255 cm³/mol. The van der Waals surface area contributed by atoms with Crippen LogP contribution >= 0.6 is 0 Å². The van der Waals surface area contributed by atoms with Crippen molar-refractivity contribution in [3.63, 3.8) is 0 Å². The lowest BCUT2D eigenvalue weighted by Gasteiger charge is -2.29. The van der Waals surface area contributed by atoms with Gasteiger partial charge in [0, 0.05) is 40.8 Å². The maximum atomic E-state index is 6.86. The van der Waals surface area contributed by atoms with Crippen LogP contribution in [0.4, 0.5) is 39.9 Å². The minimum Gasteiger partial charge on any atom is -0.457 e. The highest BCUT2D eigenvalue weighted by molar-refractivity contribution is 6.03. The van der Waals surface area contributed by atoms with Crippen molar-refractivity contribution in [1.82, 2.24) is 4.98 Å². The van der Waals surface area contributed by atoms with Crippen LogP contribution < -0.4 is 19.4 Å². The van der Waals surface area contributed by atoms with Crippen LogP contribution in [-0.2, 0) is 10.8 Å². The molecule has 61 heavy (non-hydrogen) atoms. The van der Waals surface area contributed by atoms with Crippen LogP contribution in [-0.4, -0.2) is 11.7 Å². The fourth-order valence-electron chi connectivity index (χ4n) is 8.70. The van der Waals surface area contributed by atoms with E-state index in [0.717, 1.165) is 62.2 Å². The van der Waals surface area contributed by atoms with Gasteiger partial charge in [-0.15, -0.1) is 0 Å². The molecule has 0 amide bonds. The van der Waals surface area contributed by atoms with Gasteiger partial charge in [-0.05, 0) is 111 Å². The average molecular weight is 795 g/mol. The van der Waals surface area contributed by atoms with Crippen LogP contribution in [0.2, 0.25) is 0 Å². The summed E-state index contributed by atoms with van der Waals surface area (Å²) in [5.41, 5.74) is 16.3. The molecule has 2 aliphatic rings. The Morgan fingerprint density at radius 2 is 1.02 bits per heavy atom. The molecule has 0 bridgehead atoms. The Balaban J connectivity index is 1.04. The molecule has 8 aromatic rings. The molecule has 1 aromatic heterocycles. The van der Waals surface area contributed by atoms with Crippen molar-refractivity contribution >= 4 is 39.9 Å². The van der Waals surface area contributed by atoms with Crippen molar-refractivity contribution in [1.29, 1.82) is 0 Å². The molecule has 0 saturated carbocycles. The molecule has 2 aliphatic heterocycles. The lowest BCUT2D eigenvalue weighted by molar-refractivity contribution is 0.483. The highest BCUT2D eigenvalue weighted by Crippen LogP contribution is 2.53. The smallest absolute Gasteiger partial charge is 0.137 e. The van der Waals surface area contributed by atoms with E-state index in [2.05, 4.69) is 220 Å². The van der Waals surface area contributed by atoms with Gasteiger partial charge in [0.1, 0.15) is 24.0 Å². The van der Waals surface area contributed by atoms with E-state index in [1.165, 1.54) is 33.8 Å². The molecule has 0 spiro atoms. The summed E-state index contributed by atoms with van der Waals surface area (Å²) in [6, 6.07) is 62.9. The molecule has 5 heteroatoms. The van der Waals surface area contributed by atoms with E-state index in [1.54, 1.807) is 0 Å². The summed E-state index contributed by atoms with van der Waals surface area (Å²) in [4.78, 5) is 12.1. The number of fused-ring (bicyclic) bond motifs is 6. The molecule has 3 heterocycles. The van der Waals surface area contributed by atoms with E-state index in [1.807, 2.05) is 18.3 Å². The maximum Gasteiger partial charge on any atom is 0.137 e. The molecule has 0 radical (unpaired) electrons. The Bertz CT molecular complexity index is 2880. The minimum atomic E-state index is 0.0168. The van der Waals surface area contributed by atoms with E-state index in [4.69, 9.17) is 9.72 Å². The minimum absolute atomic E-state index is 0.0168. The Morgan fingerprint density at radius 1 is 0.426 bits per heavy atom. The van der Waals surface area contributed by atoms with E-state index in [-0.39, 0.29) is 10.8 Å². The van der Waals surface area contributed by atoms with E-state index in [0.29, 0.717) is 6.67 Å². The van der Waals surface area contributed by atoms with Gasteiger partial charge in [-0.3, -0.25) is 4.90 Å². The molecule has 0 aliphatic carbocycles. The molecular weight excluding hydrogens is 745 g/mol. The summed E-state index contributed by atoms with van der Waals surface area (Å²) in [7, 11) is 0. The molecule has 0 saturated heterocycles. The summed E-state index contributed by atoms with van der Waals surface area (Å²) < 4.78 is 6.86. The predicted octanol–water partition coefficient (Wildman–Crippen LogP) is 15.5. The molecule has 0 unspecified atom stereocenters. The summed E-state index contributed by atoms with van der Waals surface area (Å²) in [5.74, 6) is 2.35. The Hall–Kier alpha value is -7.11. The third-order valence-corrected chi connectivity index (χ3v) is 12.0. The first kappa shape index (κ1) is 38.1. The van der Waals surface area contributed by atoms with Crippen LogP contribution in [0.1, 0.15) is 52.7 Å². The number of rotatable bonds is 6. The zero-order valence-corrected chi connectivity index (χ0v) is 35.7. The number of pyridine rings is 1. The third-order valence-electron chi connectivity index (χ3n) is 12.0. The number of hydrogen-bond donors (Lipinski definition) is 0. The Kier molecular flexibility index (Phi) is 9.29. The summed E-state index contributed by atoms with van der Waals surface area (Å²) in [6.07, 6.45) is 1.86. The molecule has 300 valence electrons. The quantitative estimate of drug-likeness (QED) is 0.167. The molecule has 7 aromatic carbocycles. The first-order chi connectivity index (χ1) is 29.5. The summed E-state index contributed by atoms with van der Waals surface area (Å²) in [6.45, 7) is 14.5. The summed E-state index contributed by atoms with van der Waals surface area (Å²) >= 11 is 0. The number of aromatic nitrogens is 1. The fraction of sp³-hybridized carbons (Fsp3) is 0.161. The number of nitrogens with zero attached hydrogens (tertiary/aromatic N) is 4. The second-order valence-corrected chi connectivity index (χ2v) is 18.2. The van der Waals surface area contributed by atoms with Gasteiger partial charge < -0.3 is 14.5 Å². The van der Waals surface area contributed by atoms with Crippen molar-refractivity contribution in [2.24, 2.45) is 0 Å². The first-order valence-corrected chi connectivity index (χ1v) is 21.2. The van der Waals surface area contributed by atoms with E-state index >= 15 is 0 Å². The fourth-order valence-corrected chi connectivity index (χ4v) is 8.70. The lowest BCUT2D eigenvalue weighted by Crippen LogP contribution is -2.25. The Morgan fingerprint density at radius 3 is 1.67 bits per heavy atom. The van der Waals surface area contributed by atoms with E-state index < -0.39 is 0 Å². The summed E-state index contributed by atoms with van der Waals surface area (Å²) in [5, 5.41) is 0. The largest absolute Gasteiger partial charge is 0.457 e. The highest BCUT2D eigenvalue weighted by atomic mass is 16.5. The molecular formula is C56H50N4O. The second kappa shape index (κ2) is 14.9. The van der Waals surface area contributed by atoms with Crippen molar-refractivity contribution in [3.8, 4) is 44.9 Å². The third kappa shape index (κ3) is 7.10. The maximum absolute atomic E-state index is 6.86. The highest BCUT2D eigenvalue weighted by Gasteiger charge is 2.31. The Labute approximate surface area is 360 Å². The van der Waals surface area contributed by atoms with Crippen molar-refractivity contribution in [3.05, 3.63) is 193 Å². The monoisotopic (exact) mass is 794 g/mol. The average Bonchev–Trinajstić information content (AvgIpc) is 3.61. The number of ether oxygens (including phenoxy) is 1. The number of anilines is 7. The van der Waals surface area contributed by atoms with Gasteiger partial charge in [-0.2, -0.15) is 0 Å². The molecule has 5 nitrogen and oxygen atoms in total. The standard InChI is InChI=1S/C56H50N4O/c1-55(2,3)40-32-41(56(4,5)6)34-43(33-40)59-37-58(50-23-12-13-24-51(50)59)42-19-16-20-44(35-42)61-45-27-29-49-47-22-11-10-21-46(47)48-28-26-39(38-17-8-7-9-18-38)31-52(48)60(53(49)36-45)54-25-14-15-30-57-54/h7-36H,37H2,1-6H3. The zero-order chi connectivity index (χ0) is 41.9. The van der Waals surface area contributed by atoms with Crippen LogP contribution in [0, 0.1) is 0 Å². The lowest BCUT2D eigenvalue weighted by atomic mass is 9.80. The molecule has 0 fully saturated rings. The van der Waals surface area contributed by atoms with Crippen molar-refractivity contribution in [2.45, 2.75) is 52.4 Å². The first-order valence-electron chi connectivity index (χ1n) is 21.2. The van der Waals surface area contributed by atoms with Gasteiger partial charge in [-0.25, -0.2) is 4.98 Å². The number of para-hydroxylation sites is 2. The van der Waals surface area contributed by atoms with E-state index in [9.17, 15) is 0 Å². The van der Waals surface area contributed by atoms with Gasteiger partial charge in [0.25, 0.3) is 0 Å². The van der Waals surface area contributed by atoms with Crippen LogP contribution in [0.15, 0.2) is 182 Å². The van der Waals surface area contributed by atoms with Gasteiger partial charge in [-0.1, -0.05) is 139 Å². The molecule has 0 atom stereocenters. The van der Waals surface area contributed by atoms with Gasteiger partial charge in [0.2, 0.25) is 0 Å². The normalized spacial score (nSPS) is 13.2. The number of benzene rings is 7. The van der Waals surface area contributed by atoms with Crippen LogP contribution in [0.3, 0.4) is 0 Å². The molecule has 10 rings (SSSR count). The van der Waals surface area contributed by atoms with Crippen LogP contribution in [0.25, 0.3) is 33.4 Å². The molecule has 0 N–H and O–H groups in total. The van der Waals surface area contributed by atoms with Gasteiger partial charge >= 0.3 is 0 Å². The van der Waals surface area contributed by atoms with Gasteiger partial charge in [0.15, 0.2) is 0 Å². The van der Waals surface area contributed by atoms with Crippen molar-refractivity contribution < 1.29 is 4.74 Å². The second-order valence-electron chi connectivity index (χ2n) is 18.2. The van der Waals surface area contributed by atoms with Gasteiger partial charge in [0.05, 0.1) is 22.7 Å².